The molecule has 0 saturated heterocycles. The molecule has 0 spiro atoms. The van der Waals surface area contributed by atoms with Crippen molar-refractivity contribution in [3.8, 4) is 5.69 Å². The molecule has 3 nitrogen and oxygen atoms in total. The molecule has 3 aromatic carbocycles. The summed E-state index contributed by atoms with van der Waals surface area (Å²) in [7, 11) is 0. The summed E-state index contributed by atoms with van der Waals surface area (Å²) in [5.74, 6) is 0.413. The van der Waals surface area contributed by atoms with Gasteiger partial charge in [-0.3, -0.25) is 4.79 Å². The number of aromatic nitrogens is 2. The zero-order valence-electron chi connectivity index (χ0n) is 20.0. The fraction of sp³-hybridized carbons (Fsp3) is 0.290. The highest BCUT2D eigenvalue weighted by Gasteiger charge is 2.47. The van der Waals surface area contributed by atoms with Gasteiger partial charge in [-0.25, -0.2) is 9.07 Å². The van der Waals surface area contributed by atoms with Crippen LogP contribution in [0.25, 0.3) is 22.7 Å². The lowest BCUT2D eigenvalue weighted by molar-refractivity contribution is -0.118. The Bertz CT molecular complexity index is 1430. The molecule has 1 fully saturated rings. The number of allylic oxidation sites excluding steroid dienone is 1. The van der Waals surface area contributed by atoms with Gasteiger partial charge in [0.25, 0.3) is 0 Å². The molecule has 0 radical (unpaired) electrons. The molecular weight excluding hydrogens is 435 g/mol. The van der Waals surface area contributed by atoms with Crippen LogP contribution in [0.4, 0.5) is 4.39 Å². The predicted octanol–water partition coefficient (Wildman–Crippen LogP) is 7.21. The summed E-state index contributed by atoms with van der Waals surface area (Å²) in [5, 5.41) is 5.74. The minimum Gasteiger partial charge on any atom is -0.295 e. The smallest absolute Gasteiger partial charge is 0.159 e. The number of halogens is 1. The van der Waals surface area contributed by atoms with Crippen molar-refractivity contribution in [3.63, 3.8) is 0 Å². The van der Waals surface area contributed by atoms with Crippen molar-refractivity contribution in [2.45, 2.75) is 50.9 Å². The summed E-state index contributed by atoms with van der Waals surface area (Å²) in [5.41, 5.74) is 6.64. The Morgan fingerprint density at radius 1 is 1.11 bits per heavy atom. The van der Waals surface area contributed by atoms with E-state index in [1.807, 2.05) is 29.1 Å². The van der Waals surface area contributed by atoms with Crippen LogP contribution in [0.3, 0.4) is 0 Å². The lowest BCUT2D eigenvalue weighted by Gasteiger charge is -2.44. The third kappa shape index (κ3) is 3.72. The van der Waals surface area contributed by atoms with Crippen LogP contribution in [-0.4, -0.2) is 15.6 Å². The van der Waals surface area contributed by atoms with Gasteiger partial charge in [0.2, 0.25) is 0 Å². The van der Waals surface area contributed by atoms with Crippen molar-refractivity contribution in [2.24, 2.45) is 5.92 Å². The van der Waals surface area contributed by atoms with Crippen molar-refractivity contribution in [2.75, 3.05) is 0 Å². The van der Waals surface area contributed by atoms with Crippen LogP contribution in [0, 0.1) is 11.7 Å². The number of carbonyl (C=O) groups excluding carboxylic acids is 1. The number of rotatable bonds is 3. The number of nitrogens with zero attached hydrogens (tertiary/aromatic N) is 2. The Balaban J connectivity index is 1.48. The Kier molecular flexibility index (Phi) is 5.40. The van der Waals surface area contributed by atoms with Gasteiger partial charge < -0.3 is 0 Å². The Morgan fingerprint density at radius 3 is 2.69 bits per heavy atom. The molecule has 2 aliphatic carbocycles. The molecule has 0 unspecified atom stereocenters. The fourth-order valence-electron chi connectivity index (χ4n) is 6.43. The molecule has 2 atom stereocenters. The lowest BCUT2D eigenvalue weighted by atomic mass is 9.58. The largest absolute Gasteiger partial charge is 0.295 e. The van der Waals surface area contributed by atoms with Gasteiger partial charge in [0.15, 0.2) is 5.78 Å². The van der Waals surface area contributed by atoms with Crippen LogP contribution in [0.1, 0.15) is 55.7 Å². The first kappa shape index (κ1) is 22.0. The number of hydrogen-bond acceptors (Lipinski definition) is 2. The van der Waals surface area contributed by atoms with Gasteiger partial charge in [-0.15, -0.1) is 0 Å². The molecule has 1 aromatic heterocycles. The summed E-state index contributed by atoms with van der Waals surface area (Å²) >= 11 is 0. The Hall–Kier alpha value is -3.53. The Labute approximate surface area is 205 Å². The third-order valence-corrected chi connectivity index (χ3v) is 8.25. The molecule has 6 rings (SSSR count). The average molecular weight is 465 g/mol. The van der Waals surface area contributed by atoms with E-state index >= 15 is 0 Å². The first-order valence-electron chi connectivity index (χ1n) is 12.6. The van der Waals surface area contributed by atoms with E-state index < -0.39 is 0 Å². The van der Waals surface area contributed by atoms with Crippen LogP contribution >= 0.6 is 0 Å². The normalized spacial score (nSPS) is 23.2. The second-order valence-corrected chi connectivity index (χ2v) is 10.1. The Morgan fingerprint density at radius 2 is 1.91 bits per heavy atom. The number of carbonyl (C=O) groups is 1. The zero-order valence-corrected chi connectivity index (χ0v) is 20.0. The highest BCUT2D eigenvalue weighted by Crippen LogP contribution is 2.52. The predicted molar refractivity (Wildman–Crippen MR) is 138 cm³/mol. The van der Waals surface area contributed by atoms with E-state index in [1.54, 1.807) is 12.1 Å². The van der Waals surface area contributed by atoms with Gasteiger partial charge in [0.05, 0.1) is 17.4 Å². The van der Waals surface area contributed by atoms with Gasteiger partial charge in [-0.2, -0.15) is 5.10 Å². The highest BCUT2D eigenvalue weighted by atomic mass is 19.1. The summed E-state index contributed by atoms with van der Waals surface area (Å²) in [6, 6.07) is 21.3. The monoisotopic (exact) mass is 464 g/mol. The first-order valence-corrected chi connectivity index (χ1v) is 12.6. The van der Waals surface area contributed by atoms with E-state index in [2.05, 4.69) is 42.4 Å². The van der Waals surface area contributed by atoms with Crippen LogP contribution in [0.2, 0.25) is 0 Å². The molecule has 0 amide bonds. The van der Waals surface area contributed by atoms with E-state index in [9.17, 15) is 9.18 Å². The number of aryl methyl sites for hydroxylation is 1. The first-order chi connectivity index (χ1) is 17.1. The van der Waals surface area contributed by atoms with E-state index in [-0.39, 0.29) is 11.2 Å². The van der Waals surface area contributed by atoms with Gasteiger partial charge in [0, 0.05) is 17.2 Å². The third-order valence-electron chi connectivity index (χ3n) is 8.25. The van der Waals surface area contributed by atoms with Crippen LogP contribution in [0.5, 0.6) is 0 Å². The lowest BCUT2D eigenvalue weighted by Crippen LogP contribution is -2.41. The molecule has 176 valence electrons. The maximum absolute atomic E-state index is 13.5. The number of Topliss-reactive ketones (excluding diaryl/α,β-unsaturated/α-hetero) is 1. The number of ketones is 1. The quantitative estimate of drug-likeness (QED) is 0.300. The summed E-state index contributed by atoms with van der Waals surface area (Å²) in [6.07, 6.45) is 9.59. The van der Waals surface area contributed by atoms with Gasteiger partial charge >= 0.3 is 0 Å². The fourth-order valence-corrected chi connectivity index (χ4v) is 6.43. The molecule has 4 aromatic rings. The second-order valence-electron chi connectivity index (χ2n) is 10.1. The summed E-state index contributed by atoms with van der Waals surface area (Å²) in [6.45, 7) is 2.28. The second kappa shape index (κ2) is 8.60. The van der Waals surface area contributed by atoms with E-state index in [0.29, 0.717) is 18.1 Å². The van der Waals surface area contributed by atoms with E-state index in [1.165, 1.54) is 23.3 Å². The van der Waals surface area contributed by atoms with E-state index in [0.717, 1.165) is 59.8 Å². The zero-order chi connectivity index (χ0) is 24.0. The number of benzene rings is 3. The molecule has 2 aliphatic rings. The SMILES string of the molecule is CC[C@@]12C/C(=C\c3ccccc3)C(=O)C[C@@H]1CCCc1cc3c(cnn3-c3ccc(F)cc3)cc12. The average Bonchev–Trinajstić information content (AvgIpc) is 3.22. The number of hydrogen-bond donors (Lipinski definition) is 0. The molecule has 35 heavy (non-hydrogen) atoms. The van der Waals surface area contributed by atoms with Gasteiger partial charge in [0.1, 0.15) is 5.82 Å². The maximum Gasteiger partial charge on any atom is 0.159 e. The summed E-state index contributed by atoms with van der Waals surface area (Å²) in [4.78, 5) is 13.2. The van der Waals surface area contributed by atoms with Crippen molar-refractivity contribution in [1.29, 1.82) is 0 Å². The molecular formula is C31H29FN2O. The topological polar surface area (TPSA) is 34.9 Å². The number of fused-ring (bicyclic) bond motifs is 4. The molecule has 1 saturated carbocycles. The molecule has 0 aliphatic heterocycles. The molecule has 0 bridgehead atoms. The minimum atomic E-state index is -0.249. The van der Waals surface area contributed by atoms with Gasteiger partial charge in [-0.1, -0.05) is 37.3 Å². The van der Waals surface area contributed by atoms with Crippen molar-refractivity contribution in [3.05, 3.63) is 101 Å². The van der Waals surface area contributed by atoms with Crippen molar-refractivity contribution in [1.82, 2.24) is 9.78 Å². The molecule has 4 heteroatoms. The maximum atomic E-state index is 13.5. The van der Waals surface area contributed by atoms with Crippen LogP contribution in [-0.2, 0) is 16.6 Å². The molecule has 1 heterocycles. The standard InChI is InChI=1S/C31H29FN2O/c1-2-31-19-23(15-21-7-4-3-5-8-21)30(35)18-25(31)10-6-9-22-17-29-24(16-28(22)31)20-33-34(29)27-13-11-26(32)12-14-27/h3-5,7-8,11-17,20,25H,2,6,9-10,18-19H2,1H3/b23-15+/t25-,31+/m0/s1. The van der Waals surface area contributed by atoms with Crippen LogP contribution < -0.4 is 0 Å². The summed E-state index contributed by atoms with van der Waals surface area (Å²) < 4.78 is 15.4. The minimum absolute atomic E-state index is 0.0491. The van der Waals surface area contributed by atoms with Crippen molar-refractivity contribution < 1.29 is 9.18 Å². The van der Waals surface area contributed by atoms with Crippen LogP contribution in [0.15, 0.2) is 78.5 Å². The molecule has 0 N–H and O–H groups in total. The highest BCUT2D eigenvalue weighted by molar-refractivity contribution is 6.01. The van der Waals surface area contributed by atoms with Crippen molar-refractivity contribution >= 4 is 22.8 Å². The van der Waals surface area contributed by atoms with E-state index in [4.69, 9.17) is 0 Å². The van der Waals surface area contributed by atoms with Gasteiger partial charge in [-0.05, 0) is 103 Å².